The third-order valence-corrected chi connectivity index (χ3v) is 6.86. The van der Waals surface area contributed by atoms with Gasteiger partial charge in [-0.2, -0.15) is 0 Å². The van der Waals surface area contributed by atoms with Crippen molar-refractivity contribution in [2.24, 2.45) is 5.41 Å². The normalized spacial score (nSPS) is 13.7. The molecule has 1 aromatic heterocycles. The van der Waals surface area contributed by atoms with Crippen LogP contribution >= 0.6 is 0 Å². The van der Waals surface area contributed by atoms with Gasteiger partial charge in [0.1, 0.15) is 23.2 Å². The van der Waals surface area contributed by atoms with Crippen LogP contribution in [0.25, 0.3) is 0 Å². The molecule has 0 radical (unpaired) electrons. The lowest BCUT2D eigenvalue weighted by atomic mass is 9.64. The molecule has 1 aromatic carbocycles. The number of aldehydes is 1. The van der Waals surface area contributed by atoms with Crippen LogP contribution in [0.3, 0.4) is 0 Å². The zero-order valence-corrected chi connectivity index (χ0v) is 22.1. The maximum Gasteiger partial charge on any atom is 0.408 e. The first-order valence-electron chi connectivity index (χ1n) is 12.6. The molecule has 0 aliphatic heterocycles. The highest BCUT2D eigenvalue weighted by Crippen LogP contribution is 2.41. The predicted octanol–water partition coefficient (Wildman–Crippen LogP) is 6.71. The van der Waals surface area contributed by atoms with Gasteiger partial charge in [-0.3, -0.25) is 4.79 Å². The second kappa shape index (κ2) is 12.2. The number of benzene rings is 1. The molecule has 6 heteroatoms. The van der Waals surface area contributed by atoms with Crippen LogP contribution in [-0.2, 0) is 22.4 Å². The largest absolute Gasteiger partial charge is 0.458 e. The van der Waals surface area contributed by atoms with Crippen molar-refractivity contribution >= 4 is 18.2 Å². The number of carbonyl (C=O) groups excluding carboxylic acids is 3. The van der Waals surface area contributed by atoms with E-state index < -0.39 is 22.6 Å². The number of amides is 1. The lowest BCUT2D eigenvalue weighted by molar-refractivity contribution is -0.118. The number of unbranched alkanes of at least 4 members (excludes halogenated alkanes) is 1. The van der Waals surface area contributed by atoms with E-state index in [-0.39, 0.29) is 5.78 Å². The number of hydrogen-bond acceptors (Lipinski definition) is 5. The third kappa shape index (κ3) is 7.81. The van der Waals surface area contributed by atoms with E-state index in [2.05, 4.69) is 17.4 Å². The molecule has 1 amide bonds. The van der Waals surface area contributed by atoms with E-state index in [4.69, 9.17) is 9.15 Å². The van der Waals surface area contributed by atoms with Gasteiger partial charge < -0.3 is 19.3 Å². The number of ketones is 1. The van der Waals surface area contributed by atoms with Gasteiger partial charge in [0, 0.05) is 18.3 Å². The molecule has 2 aromatic rings. The van der Waals surface area contributed by atoms with Gasteiger partial charge in [-0.15, -0.1) is 0 Å². The highest BCUT2D eigenvalue weighted by Gasteiger charge is 2.48. The Kier molecular flexibility index (Phi) is 9.87. The van der Waals surface area contributed by atoms with E-state index in [0.717, 1.165) is 25.5 Å². The van der Waals surface area contributed by atoms with Crippen molar-refractivity contribution in [2.75, 3.05) is 0 Å². The van der Waals surface area contributed by atoms with Crippen molar-refractivity contribution < 1.29 is 23.5 Å². The van der Waals surface area contributed by atoms with Gasteiger partial charge in [0.15, 0.2) is 11.5 Å². The summed E-state index contributed by atoms with van der Waals surface area (Å²) in [5.74, 6) is 0.946. The fourth-order valence-electron chi connectivity index (χ4n) is 4.56. The number of nitrogens with one attached hydrogen (secondary N) is 1. The summed E-state index contributed by atoms with van der Waals surface area (Å²) in [6, 6.07) is 13.8. The molecule has 1 atom stereocenters. The molecule has 0 aliphatic rings. The molecule has 0 aliphatic carbocycles. The number of aryl methyl sites for hydroxylation is 1. The van der Waals surface area contributed by atoms with Gasteiger partial charge in [0.2, 0.25) is 0 Å². The van der Waals surface area contributed by atoms with E-state index >= 15 is 0 Å². The smallest absolute Gasteiger partial charge is 0.408 e. The summed E-state index contributed by atoms with van der Waals surface area (Å²) in [6.45, 7) is 11.0. The summed E-state index contributed by atoms with van der Waals surface area (Å²) in [6.07, 6.45) is 4.91. The first-order chi connectivity index (χ1) is 16.5. The van der Waals surface area contributed by atoms with Gasteiger partial charge in [0.25, 0.3) is 0 Å². The summed E-state index contributed by atoms with van der Waals surface area (Å²) in [7, 11) is 0. The van der Waals surface area contributed by atoms with Crippen molar-refractivity contribution in [3.05, 3.63) is 59.5 Å². The topological polar surface area (TPSA) is 85.6 Å². The van der Waals surface area contributed by atoms with Crippen molar-refractivity contribution in [2.45, 2.75) is 97.6 Å². The zero-order chi connectivity index (χ0) is 26.1. The minimum absolute atomic E-state index is 0.0204. The predicted molar refractivity (Wildman–Crippen MR) is 138 cm³/mol. The van der Waals surface area contributed by atoms with E-state index in [0.29, 0.717) is 37.2 Å². The Hall–Kier alpha value is -2.89. The van der Waals surface area contributed by atoms with Gasteiger partial charge in [-0.05, 0) is 77.5 Å². The van der Waals surface area contributed by atoms with Crippen LogP contribution in [0.5, 0.6) is 0 Å². The monoisotopic (exact) mass is 483 g/mol. The van der Waals surface area contributed by atoms with Crippen LogP contribution < -0.4 is 5.32 Å². The second-order valence-corrected chi connectivity index (χ2v) is 10.5. The number of ether oxygens (including phenoxy) is 1. The van der Waals surface area contributed by atoms with Crippen LogP contribution in [-0.4, -0.2) is 29.3 Å². The Morgan fingerprint density at radius 2 is 1.63 bits per heavy atom. The van der Waals surface area contributed by atoms with Crippen molar-refractivity contribution in [1.82, 2.24) is 5.32 Å². The highest BCUT2D eigenvalue weighted by molar-refractivity contribution is 5.93. The maximum absolute atomic E-state index is 12.7. The van der Waals surface area contributed by atoms with Gasteiger partial charge in [0.05, 0.1) is 0 Å². The standard InChI is InChI=1S/C29H41NO5/c1-7-29(8-2,28(6,21-31)30-26(33)35-27(3,4)5)20-23-18-19-25(34-23)24(32)17-13-12-16-22-14-10-9-11-15-22/h9-11,14-15,18-19,21H,7-8,12-13,16-17,20H2,1-6H3,(H,30,33)/t28-/m0/s1. The lowest BCUT2D eigenvalue weighted by Crippen LogP contribution is -2.60. The molecule has 6 nitrogen and oxygen atoms in total. The zero-order valence-electron chi connectivity index (χ0n) is 22.1. The summed E-state index contributed by atoms with van der Waals surface area (Å²) in [5, 5.41) is 2.80. The second-order valence-electron chi connectivity index (χ2n) is 10.5. The number of alkyl carbamates (subject to hydrolysis) is 1. The summed E-state index contributed by atoms with van der Waals surface area (Å²) < 4.78 is 11.3. The molecule has 1 N–H and O–H groups in total. The fourth-order valence-corrected chi connectivity index (χ4v) is 4.56. The Balaban J connectivity index is 2.05. The molecule has 1 heterocycles. The fraction of sp³-hybridized carbons (Fsp3) is 0.552. The van der Waals surface area contributed by atoms with Crippen molar-refractivity contribution in [3.8, 4) is 0 Å². The van der Waals surface area contributed by atoms with E-state index in [9.17, 15) is 14.4 Å². The molecule has 0 saturated carbocycles. The minimum atomic E-state index is -1.17. The quantitative estimate of drug-likeness (QED) is 0.194. The average Bonchev–Trinajstić information content (AvgIpc) is 3.28. The van der Waals surface area contributed by atoms with Crippen LogP contribution in [0.1, 0.15) is 95.5 Å². The highest BCUT2D eigenvalue weighted by atomic mass is 16.6. The number of rotatable bonds is 13. The average molecular weight is 484 g/mol. The molecular weight excluding hydrogens is 442 g/mol. The maximum atomic E-state index is 12.7. The summed E-state index contributed by atoms with van der Waals surface area (Å²) in [4.78, 5) is 37.5. The number of carbonyl (C=O) groups is 3. The Bertz CT molecular complexity index is 968. The molecule has 35 heavy (non-hydrogen) atoms. The van der Waals surface area contributed by atoms with Crippen molar-refractivity contribution in [3.63, 3.8) is 0 Å². The Morgan fingerprint density at radius 3 is 2.20 bits per heavy atom. The minimum Gasteiger partial charge on any atom is -0.458 e. The van der Waals surface area contributed by atoms with E-state index in [1.165, 1.54) is 5.56 Å². The Labute approximate surface area is 209 Å². The molecule has 0 bridgehead atoms. The van der Waals surface area contributed by atoms with Crippen LogP contribution in [0.2, 0.25) is 0 Å². The lowest BCUT2D eigenvalue weighted by Gasteiger charge is -2.45. The summed E-state index contributed by atoms with van der Waals surface area (Å²) in [5.41, 5.74) is -1.19. The van der Waals surface area contributed by atoms with Gasteiger partial charge in [-0.25, -0.2) is 4.79 Å². The molecule has 0 saturated heterocycles. The number of hydrogen-bond donors (Lipinski definition) is 1. The van der Waals surface area contributed by atoms with Crippen molar-refractivity contribution in [1.29, 1.82) is 0 Å². The SMILES string of the molecule is CCC(CC)(Cc1ccc(C(=O)CCCCc2ccccc2)o1)[C@](C)(C=O)NC(=O)OC(C)(C)C. The Morgan fingerprint density at radius 1 is 0.971 bits per heavy atom. The molecule has 0 fully saturated rings. The van der Waals surface area contributed by atoms with Crippen LogP contribution in [0.15, 0.2) is 46.9 Å². The summed E-state index contributed by atoms with van der Waals surface area (Å²) >= 11 is 0. The van der Waals surface area contributed by atoms with Gasteiger partial charge in [-0.1, -0.05) is 44.2 Å². The number of furan rings is 1. The first-order valence-corrected chi connectivity index (χ1v) is 12.6. The molecule has 0 unspecified atom stereocenters. The van der Waals surface area contributed by atoms with Crippen LogP contribution in [0.4, 0.5) is 4.79 Å². The first kappa shape index (κ1) is 28.3. The van der Waals surface area contributed by atoms with Crippen LogP contribution in [0, 0.1) is 5.41 Å². The van der Waals surface area contributed by atoms with Gasteiger partial charge >= 0.3 is 6.09 Å². The molecule has 192 valence electrons. The van der Waals surface area contributed by atoms with E-state index in [1.807, 2.05) is 32.0 Å². The molecular formula is C29H41NO5. The van der Waals surface area contributed by atoms with E-state index in [1.54, 1.807) is 39.8 Å². The molecule has 0 spiro atoms. The third-order valence-electron chi connectivity index (χ3n) is 6.86. The number of Topliss-reactive ketones (excluding diaryl/α,β-unsaturated/α-hetero) is 1. The molecule has 2 rings (SSSR count).